The average molecular weight is 377 g/mol. The molecule has 3 aromatic rings. The van der Waals surface area contributed by atoms with E-state index in [9.17, 15) is 15.0 Å². The number of carbonyl (C=O) groups is 1. The van der Waals surface area contributed by atoms with E-state index in [0.717, 1.165) is 28.8 Å². The minimum atomic E-state index is -0.650. The number of H-pyrrole nitrogens is 1. The quantitative estimate of drug-likeness (QED) is 0.422. The zero-order valence-corrected chi connectivity index (χ0v) is 15.7. The highest BCUT2D eigenvalue weighted by Gasteiger charge is 2.51. The van der Waals surface area contributed by atoms with E-state index in [1.54, 1.807) is 6.07 Å². The van der Waals surface area contributed by atoms with Crippen LogP contribution in [0.4, 0.5) is 5.69 Å². The lowest BCUT2D eigenvalue weighted by atomic mass is 9.94. The predicted octanol–water partition coefficient (Wildman–Crippen LogP) is 3.83. The number of aromatic amines is 1. The van der Waals surface area contributed by atoms with Crippen molar-refractivity contribution in [3.05, 3.63) is 60.3 Å². The van der Waals surface area contributed by atoms with Crippen molar-refractivity contribution in [2.75, 3.05) is 11.9 Å². The lowest BCUT2D eigenvalue weighted by Gasteiger charge is -2.16. The number of nitrogens with one attached hydrogen (secondary N) is 3. The molecule has 5 N–H and O–H groups in total. The summed E-state index contributed by atoms with van der Waals surface area (Å²) >= 11 is 0. The van der Waals surface area contributed by atoms with Gasteiger partial charge in [0.25, 0.3) is 0 Å². The number of amides is 1. The Morgan fingerprint density at radius 2 is 1.93 bits per heavy atom. The van der Waals surface area contributed by atoms with Gasteiger partial charge in [0.15, 0.2) is 11.5 Å². The van der Waals surface area contributed by atoms with E-state index in [2.05, 4.69) is 22.2 Å². The van der Waals surface area contributed by atoms with Gasteiger partial charge in [-0.05, 0) is 61.7 Å². The molecule has 1 amide bonds. The number of aromatic hydroxyl groups is 2. The summed E-state index contributed by atoms with van der Waals surface area (Å²) < 4.78 is 0. The first-order chi connectivity index (χ1) is 13.4. The van der Waals surface area contributed by atoms with Gasteiger partial charge in [-0.1, -0.05) is 12.6 Å². The standard InChI is InChI=1S/C22H23N3O3/c1-3-23-13(2)18-11-14-10-16(5-6-17(14)25-18)24-21(28)22(8-9-22)15-4-7-19(26)20(27)12-15/h4-7,10-12,23,25-27H,2-3,8-9H2,1H3,(H,24,28). The van der Waals surface area contributed by atoms with Gasteiger partial charge < -0.3 is 25.8 Å². The summed E-state index contributed by atoms with van der Waals surface area (Å²) in [5.41, 5.74) is 3.49. The van der Waals surface area contributed by atoms with Crippen molar-refractivity contribution in [2.45, 2.75) is 25.2 Å². The lowest BCUT2D eigenvalue weighted by molar-refractivity contribution is -0.118. The summed E-state index contributed by atoms with van der Waals surface area (Å²) in [6.45, 7) is 6.83. The van der Waals surface area contributed by atoms with Crippen molar-refractivity contribution in [3.8, 4) is 11.5 Å². The van der Waals surface area contributed by atoms with Crippen LogP contribution in [0.2, 0.25) is 0 Å². The Morgan fingerprint density at radius 3 is 2.61 bits per heavy atom. The Labute approximate surface area is 162 Å². The molecule has 0 atom stereocenters. The summed E-state index contributed by atoms with van der Waals surface area (Å²) in [6, 6.07) is 12.3. The van der Waals surface area contributed by atoms with E-state index in [0.29, 0.717) is 24.1 Å². The zero-order valence-electron chi connectivity index (χ0n) is 15.7. The first-order valence-electron chi connectivity index (χ1n) is 9.33. The molecule has 0 unspecified atom stereocenters. The van der Waals surface area contributed by atoms with Gasteiger partial charge in [-0.2, -0.15) is 0 Å². The molecule has 6 heteroatoms. The predicted molar refractivity (Wildman–Crippen MR) is 110 cm³/mol. The zero-order chi connectivity index (χ0) is 19.9. The van der Waals surface area contributed by atoms with E-state index >= 15 is 0 Å². The summed E-state index contributed by atoms with van der Waals surface area (Å²) in [6.07, 6.45) is 1.42. The molecule has 0 spiro atoms. The second-order valence-corrected chi connectivity index (χ2v) is 7.23. The van der Waals surface area contributed by atoms with Crippen molar-refractivity contribution >= 4 is 28.2 Å². The van der Waals surface area contributed by atoms with Crippen LogP contribution in [0, 0.1) is 0 Å². The number of phenols is 2. The SMILES string of the molecule is C=C(NCC)c1cc2cc(NC(=O)C3(c4ccc(O)c(O)c4)CC3)ccc2[nH]1. The van der Waals surface area contributed by atoms with Crippen molar-refractivity contribution in [1.82, 2.24) is 10.3 Å². The molecular formula is C22H23N3O3. The van der Waals surface area contributed by atoms with Gasteiger partial charge in [0.2, 0.25) is 5.91 Å². The van der Waals surface area contributed by atoms with Crippen LogP contribution in [0.5, 0.6) is 11.5 Å². The lowest BCUT2D eigenvalue weighted by Crippen LogP contribution is -2.27. The van der Waals surface area contributed by atoms with Crippen LogP contribution < -0.4 is 10.6 Å². The minimum absolute atomic E-state index is 0.107. The summed E-state index contributed by atoms with van der Waals surface area (Å²) in [5, 5.41) is 26.5. The molecule has 0 aliphatic heterocycles. The number of hydrogen-bond donors (Lipinski definition) is 5. The van der Waals surface area contributed by atoms with Gasteiger partial charge in [0, 0.05) is 23.1 Å². The number of hydrogen-bond acceptors (Lipinski definition) is 4. The van der Waals surface area contributed by atoms with Crippen LogP contribution in [-0.4, -0.2) is 27.6 Å². The summed E-state index contributed by atoms with van der Waals surface area (Å²) in [7, 11) is 0. The average Bonchev–Trinajstić information content (AvgIpc) is 3.37. The maximum atomic E-state index is 12.9. The molecule has 144 valence electrons. The molecule has 1 aliphatic carbocycles. The molecule has 6 nitrogen and oxygen atoms in total. The Hall–Kier alpha value is -3.41. The highest BCUT2D eigenvalue weighted by atomic mass is 16.3. The van der Waals surface area contributed by atoms with Crippen LogP contribution >= 0.6 is 0 Å². The largest absolute Gasteiger partial charge is 0.504 e. The smallest absolute Gasteiger partial charge is 0.235 e. The highest BCUT2D eigenvalue weighted by molar-refractivity contribution is 6.02. The first-order valence-corrected chi connectivity index (χ1v) is 9.33. The molecule has 1 aliphatic rings. The van der Waals surface area contributed by atoms with E-state index in [1.165, 1.54) is 12.1 Å². The first kappa shape index (κ1) is 18.0. The number of carbonyl (C=O) groups excluding carboxylic acids is 1. The molecule has 2 aromatic carbocycles. The fourth-order valence-electron chi connectivity index (χ4n) is 3.53. The van der Waals surface area contributed by atoms with Crippen LogP contribution in [0.15, 0.2) is 49.0 Å². The van der Waals surface area contributed by atoms with Crippen LogP contribution in [-0.2, 0) is 10.2 Å². The van der Waals surface area contributed by atoms with Crippen molar-refractivity contribution in [2.24, 2.45) is 0 Å². The normalized spacial score (nSPS) is 14.6. The Morgan fingerprint density at radius 1 is 1.14 bits per heavy atom. The Bertz CT molecular complexity index is 1080. The van der Waals surface area contributed by atoms with Crippen molar-refractivity contribution in [3.63, 3.8) is 0 Å². The highest BCUT2D eigenvalue weighted by Crippen LogP contribution is 2.50. The number of aromatic nitrogens is 1. The number of rotatable bonds is 6. The monoisotopic (exact) mass is 377 g/mol. The minimum Gasteiger partial charge on any atom is -0.504 e. The fourth-order valence-corrected chi connectivity index (χ4v) is 3.53. The fraction of sp³-hybridized carbons (Fsp3) is 0.227. The molecule has 0 bridgehead atoms. The summed E-state index contributed by atoms with van der Waals surface area (Å²) in [5.74, 6) is -0.503. The van der Waals surface area contributed by atoms with Crippen molar-refractivity contribution < 1.29 is 15.0 Å². The second-order valence-electron chi connectivity index (χ2n) is 7.23. The van der Waals surface area contributed by atoms with E-state index < -0.39 is 5.41 Å². The molecule has 0 radical (unpaired) electrons. The van der Waals surface area contributed by atoms with Gasteiger partial charge in [-0.25, -0.2) is 0 Å². The molecule has 1 aromatic heterocycles. The molecule has 1 saturated carbocycles. The van der Waals surface area contributed by atoms with E-state index in [1.807, 2.05) is 31.2 Å². The Kier molecular flexibility index (Phi) is 4.26. The molecule has 0 saturated heterocycles. The Balaban J connectivity index is 1.56. The third-order valence-corrected chi connectivity index (χ3v) is 5.31. The van der Waals surface area contributed by atoms with Gasteiger partial charge in [-0.3, -0.25) is 4.79 Å². The number of phenolic OH excluding ortho intramolecular Hbond substituents is 2. The third-order valence-electron chi connectivity index (χ3n) is 5.31. The molecule has 1 fully saturated rings. The number of benzene rings is 2. The third kappa shape index (κ3) is 3.07. The summed E-state index contributed by atoms with van der Waals surface area (Å²) in [4.78, 5) is 16.3. The topological polar surface area (TPSA) is 97.4 Å². The maximum Gasteiger partial charge on any atom is 0.235 e. The van der Waals surface area contributed by atoms with Crippen LogP contribution in [0.3, 0.4) is 0 Å². The van der Waals surface area contributed by atoms with Gasteiger partial charge in [0.1, 0.15) is 0 Å². The molecule has 1 heterocycles. The molecular weight excluding hydrogens is 354 g/mol. The van der Waals surface area contributed by atoms with E-state index in [4.69, 9.17) is 0 Å². The van der Waals surface area contributed by atoms with E-state index in [-0.39, 0.29) is 17.4 Å². The maximum absolute atomic E-state index is 12.9. The number of fused-ring (bicyclic) bond motifs is 1. The van der Waals surface area contributed by atoms with Crippen LogP contribution in [0.25, 0.3) is 16.6 Å². The van der Waals surface area contributed by atoms with Crippen molar-refractivity contribution in [1.29, 1.82) is 0 Å². The van der Waals surface area contributed by atoms with Gasteiger partial charge in [-0.15, -0.1) is 0 Å². The van der Waals surface area contributed by atoms with Gasteiger partial charge in [0.05, 0.1) is 16.8 Å². The van der Waals surface area contributed by atoms with Gasteiger partial charge >= 0.3 is 0 Å². The van der Waals surface area contributed by atoms with Crippen LogP contribution in [0.1, 0.15) is 31.0 Å². The number of anilines is 1. The molecule has 4 rings (SSSR count). The second kappa shape index (κ2) is 6.64. The molecule has 28 heavy (non-hydrogen) atoms.